The van der Waals surface area contributed by atoms with Crippen molar-refractivity contribution < 1.29 is 0 Å². The molecule has 0 aromatic heterocycles. The maximum absolute atomic E-state index is 4.45. The summed E-state index contributed by atoms with van der Waals surface area (Å²) in [5, 5.41) is 6.59. The van der Waals surface area contributed by atoms with E-state index in [9.17, 15) is 0 Å². The van der Waals surface area contributed by atoms with Gasteiger partial charge in [-0.3, -0.25) is 4.99 Å². The number of guanidine groups is 1. The van der Waals surface area contributed by atoms with Crippen LogP contribution in [-0.4, -0.2) is 25.6 Å². The van der Waals surface area contributed by atoms with E-state index in [1.807, 2.05) is 0 Å². The molecule has 0 unspecified atom stereocenters. The first-order valence-electron chi connectivity index (χ1n) is 6.01. The quantitative estimate of drug-likeness (QED) is 0.458. The number of rotatable bonds is 5. The normalized spacial score (nSPS) is 11.9. The molecule has 0 heterocycles. The molecule has 0 atom stereocenters. The Morgan fingerprint density at radius 3 is 2.19 bits per heavy atom. The summed E-state index contributed by atoms with van der Waals surface area (Å²) in [5.41, 5.74) is 0.384. The van der Waals surface area contributed by atoms with Crippen molar-refractivity contribution >= 4 is 29.9 Å². The van der Waals surface area contributed by atoms with Gasteiger partial charge in [0, 0.05) is 19.6 Å². The molecular formula is C12H28IN3. The molecule has 0 amide bonds. The third-order valence-corrected chi connectivity index (χ3v) is 2.01. The maximum Gasteiger partial charge on any atom is 0.191 e. The molecule has 0 aromatic carbocycles. The summed E-state index contributed by atoms with van der Waals surface area (Å²) in [6.07, 6.45) is 2.25. The Morgan fingerprint density at radius 2 is 1.75 bits per heavy atom. The highest BCUT2D eigenvalue weighted by Crippen LogP contribution is 2.16. The van der Waals surface area contributed by atoms with Gasteiger partial charge >= 0.3 is 0 Å². The van der Waals surface area contributed by atoms with Gasteiger partial charge in [-0.05, 0) is 25.2 Å². The van der Waals surface area contributed by atoms with E-state index in [-0.39, 0.29) is 24.0 Å². The predicted octanol–water partition coefficient (Wildman–Crippen LogP) is 3.01. The minimum Gasteiger partial charge on any atom is -0.357 e. The van der Waals surface area contributed by atoms with Gasteiger partial charge in [-0.1, -0.05) is 27.7 Å². The van der Waals surface area contributed by atoms with Gasteiger partial charge in [0.2, 0.25) is 0 Å². The van der Waals surface area contributed by atoms with E-state index in [0.717, 1.165) is 38.4 Å². The van der Waals surface area contributed by atoms with Gasteiger partial charge in [0.15, 0.2) is 5.96 Å². The molecule has 4 heteroatoms. The van der Waals surface area contributed by atoms with Crippen molar-refractivity contribution in [2.24, 2.45) is 10.4 Å². The van der Waals surface area contributed by atoms with Crippen LogP contribution in [0.1, 0.15) is 47.5 Å². The van der Waals surface area contributed by atoms with Crippen molar-refractivity contribution in [3.63, 3.8) is 0 Å². The summed E-state index contributed by atoms with van der Waals surface area (Å²) in [6.45, 7) is 13.8. The zero-order valence-electron chi connectivity index (χ0n) is 11.4. The van der Waals surface area contributed by atoms with Crippen LogP contribution in [0.3, 0.4) is 0 Å². The first-order chi connectivity index (χ1) is 6.99. The Morgan fingerprint density at radius 1 is 1.12 bits per heavy atom. The van der Waals surface area contributed by atoms with Crippen molar-refractivity contribution in [3.05, 3.63) is 0 Å². The summed E-state index contributed by atoms with van der Waals surface area (Å²) in [5.74, 6) is 0.948. The molecule has 0 saturated carbocycles. The standard InChI is InChI=1S/C12H27N3.HI/c1-6-9-14-11(13-7-2)15-10-8-12(3,4)5;/h6-10H2,1-5H3,(H2,13,14,15);1H. The predicted molar refractivity (Wildman–Crippen MR) is 83.8 cm³/mol. The lowest BCUT2D eigenvalue weighted by molar-refractivity contribution is 0.377. The van der Waals surface area contributed by atoms with Crippen LogP contribution in [0.15, 0.2) is 4.99 Å². The lowest BCUT2D eigenvalue weighted by Gasteiger charge is -2.19. The Hall–Kier alpha value is 0. The molecule has 16 heavy (non-hydrogen) atoms. The van der Waals surface area contributed by atoms with Crippen LogP contribution in [0.25, 0.3) is 0 Å². The first kappa shape index (κ1) is 18.4. The van der Waals surface area contributed by atoms with E-state index in [2.05, 4.69) is 50.2 Å². The van der Waals surface area contributed by atoms with Crippen molar-refractivity contribution in [2.45, 2.75) is 47.5 Å². The average Bonchev–Trinajstić information content (AvgIpc) is 2.12. The molecule has 0 fully saturated rings. The van der Waals surface area contributed by atoms with Gasteiger partial charge in [0.1, 0.15) is 0 Å². The molecule has 0 aliphatic rings. The fraction of sp³-hybridized carbons (Fsp3) is 0.917. The summed E-state index contributed by atoms with van der Waals surface area (Å²) in [7, 11) is 0. The van der Waals surface area contributed by atoms with Crippen LogP contribution in [0, 0.1) is 5.41 Å². The highest BCUT2D eigenvalue weighted by molar-refractivity contribution is 14.0. The van der Waals surface area contributed by atoms with E-state index in [0.29, 0.717) is 5.41 Å². The minimum atomic E-state index is 0. The highest BCUT2D eigenvalue weighted by Gasteiger charge is 2.09. The number of nitrogens with one attached hydrogen (secondary N) is 2. The smallest absolute Gasteiger partial charge is 0.191 e. The number of halogens is 1. The number of aliphatic imine (C=N–C) groups is 1. The number of nitrogens with zero attached hydrogens (tertiary/aromatic N) is 1. The molecule has 0 rings (SSSR count). The molecule has 0 aromatic rings. The Kier molecular flexibility index (Phi) is 11.7. The van der Waals surface area contributed by atoms with Crippen LogP contribution in [0.2, 0.25) is 0 Å². The van der Waals surface area contributed by atoms with Crippen LogP contribution in [0.5, 0.6) is 0 Å². The largest absolute Gasteiger partial charge is 0.357 e. The first-order valence-corrected chi connectivity index (χ1v) is 6.01. The Bertz CT molecular complexity index is 185. The summed E-state index contributed by atoms with van der Waals surface area (Å²) in [6, 6.07) is 0. The molecule has 0 saturated heterocycles. The van der Waals surface area contributed by atoms with Crippen LogP contribution in [-0.2, 0) is 0 Å². The zero-order chi connectivity index (χ0) is 11.7. The maximum atomic E-state index is 4.45. The molecular weight excluding hydrogens is 313 g/mol. The summed E-state index contributed by atoms with van der Waals surface area (Å²) < 4.78 is 0. The molecule has 0 aliphatic heterocycles. The number of hydrogen-bond acceptors (Lipinski definition) is 1. The zero-order valence-corrected chi connectivity index (χ0v) is 13.7. The minimum absolute atomic E-state index is 0. The van der Waals surface area contributed by atoms with Crippen molar-refractivity contribution in [1.82, 2.24) is 10.6 Å². The van der Waals surface area contributed by atoms with E-state index >= 15 is 0 Å². The Labute approximate surface area is 118 Å². The topological polar surface area (TPSA) is 36.4 Å². The summed E-state index contributed by atoms with van der Waals surface area (Å²) in [4.78, 5) is 4.45. The van der Waals surface area contributed by atoms with Crippen LogP contribution < -0.4 is 10.6 Å². The highest BCUT2D eigenvalue weighted by atomic mass is 127. The molecule has 0 bridgehead atoms. The van der Waals surface area contributed by atoms with Gasteiger partial charge in [0.25, 0.3) is 0 Å². The lowest BCUT2D eigenvalue weighted by Crippen LogP contribution is -2.38. The van der Waals surface area contributed by atoms with E-state index in [1.165, 1.54) is 0 Å². The van der Waals surface area contributed by atoms with Gasteiger partial charge in [0.05, 0.1) is 0 Å². The molecule has 0 aliphatic carbocycles. The van der Waals surface area contributed by atoms with Gasteiger partial charge in [-0.15, -0.1) is 24.0 Å². The van der Waals surface area contributed by atoms with E-state index in [1.54, 1.807) is 0 Å². The van der Waals surface area contributed by atoms with Gasteiger partial charge in [-0.25, -0.2) is 0 Å². The Balaban J connectivity index is 0. The van der Waals surface area contributed by atoms with E-state index in [4.69, 9.17) is 0 Å². The fourth-order valence-corrected chi connectivity index (χ4v) is 1.12. The second-order valence-electron chi connectivity index (χ2n) is 5.00. The fourth-order valence-electron chi connectivity index (χ4n) is 1.12. The third kappa shape index (κ3) is 12.1. The van der Waals surface area contributed by atoms with Crippen LogP contribution in [0.4, 0.5) is 0 Å². The number of hydrogen-bond donors (Lipinski definition) is 2. The second kappa shape index (κ2) is 10.2. The monoisotopic (exact) mass is 341 g/mol. The average molecular weight is 341 g/mol. The third-order valence-electron chi connectivity index (χ3n) is 2.01. The van der Waals surface area contributed by atoms with Crippen molar-refractivity contribution in [2.75, 3.05) is 19.6 Å². The van der Waals surface area contributed by atoms with Gasteiger partial charge < -0.3 is 10.6 Å². The SMILES string of the molecule is CCCN=C(NCC)NCCC(C)(C)C.I. The molecule has 98 valence electrons. The van der Waals surface area contributed by atoms with Crippen LogP contribution >= 0.6 is 24.0 Å². The van der Waals surface area contributed by atoms with E-state index < -0.39 is 0 Å². The van der Waals surface area contributed by atoms with Gasteiger partial charge in [-0.2, -0.15) is 0 Å². The molecule has 0 spiro atoms. The molecule has 0 radical (unpaired) electrons. The second-order valence-corrected chi connectivity index (χ2v) is 5.00. The van der Waals surface area contributed by atoms with Crippen molar-refractivity contribution in [1.29, 1.82) is 0 Å². The summed E-state index contributed by atoms with van der Waals surface area (Å²) >= 11 is 0. The molecule has 2 N–H and O–H groups in total. The molecule has 3 nitrogen and oxygen atoms in total. The lowest BCUT2D eigenvalue weighted by atomic mass is 9.92. The van der Waals surface area contributed by atoms with Crippen molar-refractivity contribution in [3.8, 4) is 0 Å².